The van der Waals surface area contributed by atoms with Gasteiger partial charge in [0.2, 0.25) is 5.91 Å². The number of aryl methyl sites for hydroxylation is 1. The number of carbonyl (C=O) groups is 1. The van der Waals surface area contributed by atoms with Crippen LogP contribution in [0.4, 0.5) is 0 Å². The van der Waals surface area contributed by atoms with Crippen molar-refractivity contribution >= 4 is 5.91 Å². The standard InChI is InChI=1S/C20H26N2O3/c23-18-9-11-22(12-10-18)15-17-5-2-1-4-16(17)14-21-20(24)8-7-19-6-3-13-25-19/h1-6,13,18,23H,7-12,14-15H2,(H,21,24). The molecule has 3 rings (SSSR count). The monoisotopic (exact) mass is 342 g/mol. The van der Waals surface area contributed by atoms with E-state index in [4.69, 9.17) is 4.42 Å². The van der Waals surface area contributed by atoms with Gasteiger partial charge in [-0.05, 0) is 36.1 Å². The number of hydrogen-bond acceptors (Lipinski definition) is 4. The molecule has 1 aromatic carbocycles. The summed E-state index contributed by atoms with van der Waals surface area (Å²) >= 11 is 0. The van der Waals surface area contributed by atoms with Crippen molar-refractivity contribution in [3.8, 4) is 0 Å². The Labute approximate surface area is 148 Å². The highest BCUT2D eigenvalue weighted by molar-refractivity contribution is 5.76. The lowest BCUT2D eigenvalue weighted by molar-refractivity contribution is -0.121. The number of carbonyl (C=O) groups excluding carboxylic acids is 1. The number of aliphatic hydroxyl groups excluding tert-OH is 1. The minimum absolute atomic E-state index is 0.0345. The van der Waals surface area contributed by atoms with Crippen molar-refractivity contribution in [3.05, 3.63) is 59.5 Å². The number of amides is 1. The summed E-state index contributed by atoms with van der Waals surface area (Å²) in [6.07, 6.45) is 4.21. The first kappa shape index (κ1) is 17.7. The number of furan rings is 1. The molecular formula is C20H26N2O3. The van der Waals surface area contributed by atoms with E-state index >= 15 is 0 Å². The molecule has 1 aliphatic rings. The van der Waals surface area contributed by atoms with Crippen LogP contribution in [0.2, 0.25) is 0 Å². The first-order valence-corrected chi connectivity index (χ1v) is 8.97. The van der Waals surface area contributed by atoms with Crippen molar-refractivity contribution in [1.82, 2.24) is 10.2 Å². The van der Waals surface area contributed by atoms with Crippen molar-refractivity contribution in [2.75, 3.05) is 13.1 Å². The van der Waals surface area contributed by atoms with Crippen LogP contribution in [0.5, 0.6) is 0 Å². The molecule has 0 unspecified atom stereocenters. The van der Waals surface area contributed by atoms with Gasteiger partial charge in [-0.25, -0.2) is 0 Å². The van der Waals surface area contributed by atoms with Gasteiger partial charge in [0.25, 0.3) is 0 Å². The second-order valence-corrected chi connectivity index (χ2v) is 6.63. The number of benzene rings is 1. The molecule has 0 aliphatic carbocycles. The molecule has 1 aromatic heterocycles. The van der Waals surface area contributed by atoms with E-state index in [2.05, 4.69) is 22.3 Å². The smallest absolute Gasteiger partial charge is 0.220 e. The van der Waals surface area contributed by atoms with Crippen molar-refractivity contribution < 1.29 is 14.3 Å². The summed E-state index contributed by atoms with van der Waals surface area (Å²) < 4.78 is 5.25. The van der Waals surface area contributed by atoms with Gasteiger partial charge in [-0.3, -0.25) is 9.69 Å². The molecule has 2 aromatic rings. The van der Waals surface area contributed by atoms with Crippen molar-refractivity contribution in [1.29, 1.82) is 0 Å². The van der Waals surface area contributed by atoms with Gasteiger partial charge in [0.05, 0.1) is 12.4 Å². The Morgan fingerprint density at radius 1 is 1.16 bits per heavy atom. The van der Waals surface area contributed by atoms with Gasteiger partial charge >= 0.3 is 0 Å². The van der Waals surface area contributed by atoms with Gasteiger partial charge in [-0.15, -0.1) is 0 Å². The maximum atomic E-state index is 12.1. The first-order valence-electron chi connectivity index (χ1n) is 8.97. The van der Waals surface area contributed by atoms with E-state index in [-0.39, 0.29) is 12.0 Å². The van der Waals surface area contributed by atoms with Gasteiger partial charge in [-0.1, -0.05) is 24.3 Å². The van der Waals surface area contributed by atoms with Crippen LogP contribution in [0.25, 0.3) is 0 Å². The molecule has 134 valence electrons. The van der Waals surface area contributed by atoms with E-state index in [1.165, 1.54) is 5.56 Å². The minimum atomic E-state index is -0.153. The molecule has 0 radical (unpaired) electrons. The molecule has 1 amide bonds. The van der Waals surface area contributed by atoms with E-state index in [0.717, 1.165) is 43.8 Å². The van der Waals surface area contributed by atoms with Crippen LogP contribution in [0.3, 0.4) is 0 Å². The molecule has 1 saturated heterocycles. The van der Waals surface area contributed by atoms with Crippen molar-refractivity contribution in [2.24, 2.45) is 0 Å². The highest BCUT2D eigenvalue weighted by Crippen LogP contribution is 2.16. The molecule has 0 atom stereocenters. The van der Waals surface area contributed by atoms with Crippen LogP contribution in [-0.2, 0) is 24.3 Å². The van der Waals surface area contributed by atoms with Crippen LogP contribution in [-0.4, -0.2) is 35.1 Å². The second kappa shape index (κ2) is 8.83. The lowest BCUT2D eigenvalue weighted by Gasteiger charge is -2.30. The zero-order valence-corrected chi connectivity index (χ0v) is 14.5. The summed E-state index contributed by atoms with van der Waals surface area (Å²) in [7, 11) is 0. The zero-order chi connectivity index (χ0) is 17.5. The van der Waals surface area contributed by atoms with Gasteiger partial charge in [0.1, 0.15) is 5.76 Å². The number of rotatable bonds is 7. The first-order chi connectivity index (χ1) is 12.2. The molecule has 2 heterocycles. The molecule has 5 heteroatoms. The van der Waals surface area contributed by atoms with Gasteiger partial charge in [-0.2, -0.15) is 0 Å². The Balaban J connectivity index is 1.49. The molecule has 5 nitrogen and oxygen atoms in total. The normalized spacial score (nSPS) is 16.0. The number of likely N-dealkylation sites (tertiary alicyclic amines) is 1. The number of aliphatic hydroxyl groups is 1. The molecule has 0 bridgehead atoms. The number of hydrogen-bond donors (Lipinski definition) is 2. The maximum Gasteiger partial charge on any atom is 0.220 e. The predicted octanol–water partition coefficient (Wildman–Crippen LogP) is 2.49. The molecule has 0 saturated carbocycles. The van der Waals surface area contributed by atoms with E-state index in [1.54, 1.807) is 6.26 Å². The Morgan fingerprint density at radius 2 is 1.92 bits per heavy atom. The van der Waals surface area contributed by atoms with Crippen LogP contribution in [0.1, 0.15) is 36.1 Å². The third-order valence-electron chi connectivity index (χ3n) is 4.72. The van der Waals surface area contributed by atoms with Gasteiger partial charge < -0.3 is 14.8 Å². The predicted molar refractivity (Wildman–Crippen MR) is 95.8 cm³/mol. The highest BCUT2D eigenvalue weighted by Gasteiger charge is 2.17. The summed E-state index contributed by atoms with van der Waals surface area (Å²) in [6.45, 7) is 3.25. The van der Waals surface area contributed by atoms with E-state index in [9.17, 15) is 9.90 Å². The topological polar surface area (TPSA) is 65.7 Å². The molecule has 1 fully saturated rings. The lowest BCUT2D eigenvalue weighted by atomic mass is 10.0. The molecule has 25 heavy (non-hydrogen) atoms. The third kappa shape index (κ3) is 5.44. The fraction of sp³-hybridized carbons (Fsp3) is 0.450. The van der Waals surface area contributed by atoms with Gasteiger partial charge in [0.15, 0.2) is 0 Å². The molecule has 1 aliphatic heterocycles. The van der Waals surface area contributed by atoms with E-state index in [1.807, 2.05) is 24.3 Å². The average Bonchev–Trinajstić information content (AvgIpc) is 3.15. The lowest BCUT2D eigenvalue weighted by Crippen LogP contribution is -2.35. The molecule has 0 spiro atoms. The number of piperidine rings is 1. The Bertz CT molecular complexity index is 661. The van der Waals surface area contributed by atoms with Gasteiger partial charge in [0, 0.05) is 39.0 Å². The van der Waals surface area contributed by atoms with E-state index < -0.39 is 0 Å². The Morgan fingerprint density at radius 3 is 2.64 bits per heavy atom. The number of nitrogens with zero attached hydrogens (tertiary/aromatic N) is 1. The second-order valence-electron chi connectivity index (χ2n) is 6.63. The summed E-state index contributed by atoms with van der Waals surface area (Å²) in [4.78, 5) is 14.4. The van der Waals surface area contributed by atoms with Crippen molar-refractivity contribution in [3.63, 3.8) is 0 Å². The number of nitrogens with one attached hydrogen (secondary N) is 1. The quantitative estimate of drug-likeness (QED) is 0.811. The largest absolute Gasteiger partial charge is 0.469 e. The summed E-state index contributed by atoms with van der Waals surface area (Å²) in [6, 6.07) is 12.0. The van der Waals surface area contributed by atoms with Crippen LogP contribution in [0.15, 0.2) is 47.1 Å². The SMILES string of the molecule is O=C(CCc1ccco1)NCc1ccccc1CN1CCC(O)CC1. The molecule has 2 N–H and O–H groups in total. The van der Waals surface area contributed by atoms with Crippen molar-refractivity contribution in [2.45, 2.75) is 44.9 Å². The van der Waals surface area contributed by atoms with Crippen LogP contribution in [0, 0.1) is 0 Å². The fourth-order valence-electron chi connectivity index (χ4n) is 3.18. The minimum Gasteiger partial charge on any atom is -0.469 e. The average molecular weight is 342 g/mol. The summed E-state index contributed by atoms with van der Waals surface area (Å²) in [5.74, 6) is 0.870. The fourth-order valence-corrected chi connectivity index (χ4v) is 3.18. The maximum absolute atomic E-state index is 12.1. The van der Waals surface area contributed by atoms with E-state index in [0.29, 0.717) is 19.4 Å². The Hall–Kier alpha value is -2.11. The summed E-state index contributed by atoms with van der Waals surface area (Å²) in [5, 5.41) is 12.6. The summed E-state index contributed by atoms with van der Waals surface area (Å²) in [5.41, 5.74) is 2.39. The van der Waals surface area contributed by atoms with Crippen LogP contribution >= 0.6 is 0 Å². The zero-order valence-electron chi connectivity index (χ0n) is 14.5. The molecular weight excluding hydrogens is 316 g/mol. The third-order valence-corrected chi connectivity index (χ3v) is 4.72. The van der Waals surface area contributed by atoms with Crippen LogP contribution < -0.4 is 5.32 Å². The Kier molecular flexibility index (Phi) is 6.25. The highest BCUT2D eigenvalue weighted by atomic mass is 16.3.